The lowest BCUT2D eigenvalue weighted by atomic mass is 10.1. The molecule has 0 aliphatic rings. The van der Waals surface area contributed by atoms with Crippen molar-refractivity contribution < 1.29 is 12.8 Å². The van der Waals surface area contributed by atoms with Crippen LogP contribution in [0, 0.1) is 25.6 Å². The molecule has 0 saturated carbocycles. The Labute approximate surface area is 115 Å². The Bertz CT molecular complexity index is 530. The lowest BCUT2D eigenvalue weighted by Gasteiger charge is -2.18. The number of rotatable bonds is 5. The van der Waals surface area contributed by atoms with Gasteiger partial charge in [-0.15, -0.1) is 0 Å². The quantitative estimate of drug-likeness (QED) is 0.904. The molecule has 1 atom stereocenters. The van der Waals surface area contributed by atoms with Gasteiger partial charge in [0.2, 0.25) is 10.0 Å². The summed E-state index contributed by atoms with van der Waals surface area (Å²) in [6.07, 6.45) is 0.762. The largest absolute Gasteiger partial charge is 0.241 e. The van der Waals surface area contributed by atoms with E-state index in [1.54, 1.807) is 13.8 Å². The zero-order chi connectivity index (χ0) is 14.8. The normalized spacial score (nSPS) is 13.8. The van der Waals surface area contributed by atoms with Crippen LogP contribution in [-0.4, -0.2) is 14.5 Å². The molecule has 0 aromatic heterocycles. The molecule has 0 spiro atoms. The monoisotopic (exact) mass is 287 g/mol. The first kappa shape index (κ1) is 16.1. The van der Waals surface area contributed by atoms with Crippen molar-refractivity contribution in [2.75, 3.05) is 0 Å². The first-order chi connectivity index (χ1) is 8.63. The maximum Gasteiger partial charge on any atom is 0.241 e. The van der Waals surface area contributed by atoms with Crippen LogP contribution in [0.1, 0.15) is 38.3 Å². The highest BCUT2D eigenvalue weighted by Crippen LogP contribution is 2.22. The van der Waals surface area contributed by atoms with E-state index in [9.17, 15) is 12.8 Å². The SMILES string of the molecule is Cc1cc(F)cc(C)c1S(=O)(=O)NC(C)CC(C)C. The van der Waals surface area contributed by atoms with Crippen molar-refractivity contribution in [1.29, 1.82) is 0 Å². The van der Waals surface area contributed by atoms with Crippen molar-refractivity contribution in [1.82, 2.24) is 4.72 Å². The summed E-state index contributed by atoms with van der Waals surface area (Å²) in [6.45, 7) is 9.14. The molecule has 0 amide bonds. The summed E-state index contributed by atoms with van der Waals surface area (Å²) in [5.74, 6) is -0.00251. The molecule has 0 radical (unpaired) electrons. The molecule has 0 aliphatic heterocycles. The summed E-state index contributed by atoms with van der Waals surface area (Å²) in [7, 11) is -3.60. The van der Waals surface area contributed by atoms with Gasteiger partial charge in [0.1, 0.15) is 5.82 Å². The maximum atomic E-state index is 13.2. The van der Waals surface area contributed by atoms with Crippen molar-refractivity contribution in [3.05, 3.63) is 29.1 Å². The minimum atomic E-state index is -3.60. The molecule has 0 heterocycles. The Kier molecular flexibility index (Phi) is 5.10. The van der Waals surface area contributed by atoms with E-state index in [0.29, 0.717) is 17.0 Å². The lowest BCUT2D eigenvalue weighted by Crippen LogP contribution is -2.34. The number of nitrogens with one attached hydrogen (secondary N) is 1. The minimum Gasteiger partial charge on any atom is -0.208 e. The molecule has 5 heteroatoms. The zero-order valence-electron chi connectivity index (χ0n) is 12.1. The van der Waals surface area contributed by atoms with E-state index in [1.807, 2.05) is 20.8 Å². The molecule has 108 valence electrons. The van der Waals surface area contributed by atoms with E-state index in [1.165, 1.54) is 12.1 Å². The van der Waals surface area contributed by atoms with E-state index in [0.717, 1.165) is 6.42 Å². The van der Waals surface area contributed by atoms with Gasteiger partial charge in [0.25, 0.3) is 0 Å². The van der Waals surface area contributed by atoms with Crippen LogP contribution in [0.2, 0.25) is 0 Å². The van der Waals surface area contributed by atoms with Crippen molar-refractivity contribution in [3.63, 3.8) is 0 Å². The number of hydrogen-bond donors (Lipinski definition) is 1. The molecule has 1 unspecified atom stereocenters. The van der Waals surface area contributed by atoms with Crippen LogP contribution >= 0.6 is 0 Å². The fourth-order valence-electron chi connectivity index (χ4n) is 2.40. The molecule has 19 heavy (non-hydrogen) atoms. The topological polar surface area (TPSA) is 46.2 Å². The van der Waals surface area contributed by atoms with E-state index < -0.39 is 15.8 Å². The molecule has 1 rings (SSSR count). The highest BCUT2D eigenvalue weighted by atomic mass is 32.2. The average molecular weight is 287 g/mol. The molecule has 1 aromatic carbocycles. The van der Waals surface area contributed by atoms with Crippen molar-refractivity contribution in [2.45, 2.75) is 52.0 Å². The lowest BCUT2D eigenvalue weighted by molar-refractivity contribution is 0.482. The summed E-state index contributed by atoms with van der Waals surface area (Å²) in [5.41, 5.74) is 0.864. The van der Waals surface area contributed by atoms with E-state index in [2.05, 4.69) is 4.72 Å². The highest BCUT2D eigenvalue weighted by Gasteiger charge is 2.22. The van der Waals surface area contributed by atoms with E-state index in [-0.39, 0.29) is 10.9 Å². The van der Waals surface area contributed by atoms with Crippen LogP contribution < -0.4 is 4.72 Å². The van der Waals surface area contributed by atoms with Gasteiger partial charge >= 0.3 is 0 Å². The van der Waals surface area contributed by atoms with Crippen LogP contribution in [-0.2, 0) is 10.0 Å². The van der Waals surface area contributed by atoms with E-state index in [4.69, 9.17) is 0 Å². The fraction of sp³-hybridized carbons (Fsp3) is 0.571. The van der Waals surface area contributed by atoms with Gasteiger partial charge < -0.3 is 0 Å². The predicted octanol–water partition coefficient (Wildman–Crippen LogP) is 3.16. The van der Waals surface area contributed by atoms with Crippen LogP contribution in [0.15, 0.2) is 17.0 Å². The van der Waals surface area contributed by atoms with E-state index >= 15 is 0 Å². The molecule has 0 bridgehead atoms. The van der Waals surface area contributed by atoms with Gasteiger partial charge in [-0.2, -0.15) is 0 Å². The highest BCUT2D eigenvalue weighted by molar-refractivity contribution is 7.89. The Balaban J connectivity index is 3.08. The molecule has 0 fully saturated rings. The third-order valence-electron chi connectivity index (χ3n) is 2.88. The van der Waals surface area contributed by atoms with Crippen molar-refractivity contribution in [2.24, 2.45) is 5.92 Å². The van der Waals surface area contributed by atoms with Crippen LogP contribution in [0.25, 0.3) is 0 Å². The number of halogens is 1. The van der Waals surface area contributed by atoms with Crippen molar-refractivity contribution >= 4 is 10.0 Å². The maximum absolute atomic E-state index is 13.2. The second-order valence-electron chi connectivity index (χ2n) is 5.52. The number of benzene rings is 1. The second-order valence-corrected chi connectivity index (χ2v) is 7.17. The molecular weight excluding hydrogens is 265 g/mol. The Hall–Kier alpha value is -0.940. The van der Waals surface area contributed by atoms with Crippen molar-refractivity contribution in [3.8, 4) is 0 Å². The van der Waals surface area contributed by atoms with Gasteiger partial charge in [-0.25, -0.2) is 17.5 Å². The van der Waals surface area contributed by atoms with Crippen LogP contribution in [0.4, 0.5) is 4.39 Å². The smallest absolute Gasteiger partial charge is 0.208 e. The predicted molar refractivity (Wildman–Crippen MR) is 75.1 cm³/mol. The first-order valence-corrected chi connectivity index (χ1v) is 7.91. The summed E-state index contributed by atoms with van der Waals surface area (Å²) in [4.78, 5) is 0.185. The molecule has 3 nitrogen and oxygen atoms in total. The van der Waals surface area contributed by atoms with Gasteiger partial charge in [0, 0.05) is 6.04 Å². The van der Waals surface area contributed by atoms with Gasteiger partial charge in [-0.05, 0) is 56.4 Å². The van der Waals surface area contributed by atoms with Gasteiger partial charge in [0.15, 0.2) is 0 Å². The number of hydrogen-bond acceptors (Lipinski definition) is 2. The molecule has 1 N–H and O–H groups in total. The standard InChI is InChI=1S/C14H22FNO2S/c1-9(2)6-12(5)16-19(17,18)14-10(3)7-13(15)8-11(14)4/h7-9,12,16H,6H2,1-5H3. The second kappa shape index (κ2) is 6.01. The average Bonchev–Trinajstić information content (AvgIpc) is 2.10. The Morgan fingerprint density at radius 3 is 2.05 bits per heavy atom. The third kappa shape index (κ3) is 4.28. The third-order valence-corrected chi connectivity index (χ3v) is 4.77. The summed E-state index contributed by atoms with van der Waals surface area (Å²) < 4.78 is 40.6. The van der Waals surface area contributed by atoms with Gasteiger partial charge in [0.05, 0.1) is 4.90 Å². The fourth-order valence-corrected chi connectivity index (χ4v) is 4.11. The van der Waals surface area contributed by atoms with Crippen LogP contribution in [0.5, 0.6) is 0 Å². The summed E-state index contributed by atoms with van der Waals surface area (Å²) >= 11 is 0. The first-order valence-electron chi connectivity index (χ1n) is 6.42. The Morgan fingerprint density at radius 1 is 1.16 bits per heavy atom. The minimum absolute atomic E-state index is 0.145. The van der Waals surface area contributed by atoms with Crippen LogP contribution in [0.3, 0.4) is 0 Å². The number of sulfonamides is 1. The molecular formula is C14H22FNO2S. The van der Waals surface area contributed by atoms with Gasteiger partial charge in [-0.3, -0.25) is 0 Å². The number of aryl methyl sites for hydroxylation is 2. The molecule has 1 aromatic rings. The summed E-state index contributed by atoms with van der Waals surface area (Å²) in [6, 6.07) is 2.34. The summed E-state index contributed by atoms with van der Waals surface area (Å²) in [5, 5.41) is 0. The molecule has 0 saturated heterocycles. The Morgan fingerprint density at radius 2 is 1.63 bits per heavy atom. The zero-order valence-corrected chi connectivity index (χ0v) is 12.9. The van der Waals surface area contributed by atoms with Gasteiger partial charge in [-0.1, -0.05) is 13.8 Å². The molecule has 0 aliphatic carbocycles.